The minimum Gasteiger partial charge on any atom is -0.368 e. The molecule has 0 amide bonds. The second kappa shape index (κ2) is 5.05. The second-order valence-corrected chi connectivity index (χ2v) is 8.66. The molecular formula is C17H28N2OS. The zero-order chi connectivity index (χ0) is 15.4. The fourth-order valence-electron chi connectivity index (χ4n) is 4.14. The third-order valence-corrected chi connectivity index (χ3v) is 6.49. The van der Waals surface area contributed by atoms with Crippen molar-refractivity contribution in [3.63, 3.8) is 0 Å². The Labute approximate surface area is 132 Å². The lowest BCUT2D eigenvalue weighted by Gasteiger charge is -2.39. The number of rotatable bonds is 2. The molecule has 0 spiro atoms. The smallest absolute Gasteiger partial charge is 0.0788 e. The zero-order valence-electron chi connectivity index (χ0n) is 13.8. The first-order valence-corrected chi connectivity index (χ1v) is 8.86. The Morgan fingerprint density at radius 3 is 2.67 bits per heavy atom. The molecule has 0 aliphatic carbocycles. The lowest BCUT2D eigenvalue weighted by molar-refractivity contribution is -0.0792. The first kappa shape index (κ1) is 15.5. The van der Waals surface area contributed by atoms with Crippen molar-refractivity contribution in [1.29, 1.82) is 0 Å². The highest BCUT2D eigenvalue weighted by atomic mass is 32.1. The van der Waals surface area contributed by atoms with Crippen LogP contribution in [0.2, 0.25) is 0 Å². The first-order valence-electron chi connectivity index (χ1n) is 7.98. The van der Waals surface area contributed by atoms with Crippen molar-refractivity contribution < 1.29 is 4.74 Å². The summed E-state index contributed by atoms with van der Waals surface area (Å²) >= 11 is 1.90. The number of hydrogen-bond acceptors (Lipinski definition) is 4. The van der Waals surface area contributed by atoms with Crippen molar-refractivity contribution in [3.05, 3.63) is 21.9 Å². The summed E-state index contributed by atoms with van der Waals surface area (Å²) in [5, 5.41) is 2.22. The van der Waals surface area contributed by atoms with Crippen molar-refractivity contribution in [2.24, 2.45) is 11.7 Å². The summed E-state index contributed by atoms with van der Waals surface area (Å²) in [4.78, 5) is 4.15. The van der Waals surface area contributed by atoms with Gasteiger partial charge in [0.15, 0.2) is 0 Å². The molecule has 1 aromatic heterocycles. The van der Waals surface area contributed by atoms with Crippen LogP contribution in [0.4, 0.5) is 0 Å². The average Bonchev–Trinajstić information content (AvgIpc) is 2.89. The molecular weight excluding hydrogens is 280 g/mol. The predicted octanol–water partition coefficient (Wildman–Crippen LogP) is 3.20. The van der Waals surface area contributed by atoms with Crippen molar-refractivity contribution in [2.45, 2.75) is 64.3 Å². The molecule has 4 heteroatoms. The van der Waals surface area contributed by atoms with Gasteiger partial charge in [-0.3, -0.25) is 4.90 Å². The van der Waals surface area contributed by atoms with Gasteiger partial charge in [0.05, 0.1) is 11.2 Å². The predicted molar refractivity (Wildman–Crippen MR) is 88.7 cm³/mol. The van der Waals surface area contributed by atoms with E-state index in [-0.39, 0.29) is 17.2 Å². The molecule has 3 unspecified atom stereocenters. The van der Waals surface area contributed by atoms with Crippen LogP contribution in [0, 0.1) is 5.92 Å². The van der Waals surface area contributed by atoms with Gasteiger partial charge in [-0.15, -0.1) is 11.3 Å². The summed E-state index contributed by atoms with van der Waals surface area (Å²) < 4.78 is 6.24. The quantitative estimate of drug-likeness (QED) is 0.912. The third kappa shape index (κ3) is 2.56. The Hall–Kier alpha value is -0.420. The second-order valence-electron chi connectivity index (χ2n) is 7.66. The zero-order valence-corrected chi connectivity index (χ0v) is 14.7. The Kier molecular flexibility index (Phi) is 3.72. The molecule has 2 N–H and O–H groups in total. The van der Waals surface area contributed by atoms with E-state index in [0.29, 0.717) is 12.0 Å². The van der Waals surface area contributed by atoms with Crippen LogP contribution in [0.15, 0.2) is 11.4 Å². The molecule has 2 aliphatic heterocycles. The molecule has 0 aromatic carbocycles. The highest BCUT2D eigenvalue weighted by Gasteiger charge is 2.52. The molecule has 0 bridgehead atoms. The van der Waals surface area contributed by atoms with Crippen LogP contribution in [-0.4, -0.2) is 35.2 Å². The number of hydrogen-bond donors (Lipinski definition) is 1. The van der Waals surface area contributed by atoms with Crippen LogP contribution in [0.3, 0.4) is 0 Å². The van der Waals surface area contributed by atoms with E-state index in [9.17, 15) is 0 Å². The Morgan fingerprint density at radius 2 is 2.05 bits per heavy atom. The van der Waals surface area contributed by atoms with E-state index < -0.39 is 0 Å². The largest absolute Gasteiger partial charge is 0.368 e. The topological polar surface area (TPSA) is 38.5 Å². The lowest BCUT2D eigenvalue weighted by Crippen LogP contribution is -2.49. The molecule has 3 heterocycles. The molecule has 2 aliphatic rings. The molecule has 1 fully saturated rings. The monoisotopic (exact) mass is 308 g/mol. The maximum Gasteiger partial charge on any atom is 0.0788 e. The minimum absolute atomic E-state index is 0.0866. The van der Waals surface area contributed by atoms with Gasteiger partial charge in [0.25, 0.3) is 0 Å². The van der Waals surface area contributed by atoms with Gasteiger partial charge < -0.3 is 10.5 Å². The van der Waals surface area contributed by atoms with E-state index >= 15 is 0 Å². The SMILES string of the molecule is CC1c2ccsc2CCN1CC1C(N)C(C)(C)OC1(C)C. The van der Waals surface area contributed by atoms with Crippen molar-refractivity contribution in [3.8, 4) is 0 Å². The molecule has 3 rings (SSSR count). The van der Waals surface area contributed by atoms with E-state index in [4.69, 9.17) is 10.5 Å². The number of nitrogens with two attached hydrogens (primary N) is 1. The summed E-state index contributed by atoms with van der Waals surface area (Å²) in [7, 11) is 0. The standard InChI is InChI=1S/C17H28N2OS/c1-11-12-7-9-21-14(12)6-8-19(11)10-13-15(18)17(4,5)20-16(13,2)3/h7,9,11,13,15H,6,8,10,18H2,1-5H3. The highest BCUT2D eigenvalue weighted by molar-refractivity contribution is 7.10. The Balaban J connectivity index is 1.78. The molecule has 118 valence electrons. The highest BCUT2D eigenvalue weighted by Crippen LogP contribution is 2.43. The summed E-state index contributed by atoms with van der Waals surface area (Å²) in [6, 6.07) is 2.87. The van der Waals surface area contributed by atoms with Crippen LogP contribution >= 0.6 is 11.3 Å². The summed E-state index contributed by atoms with van der Waals surface area (Å²) in [5.74, 6) is 0.370. The minimum atomic E-state index is -0.235. The Morgan fingerprint density at radius 1 is 1.33 bits per heavy atom. The molecule has 21 heavy (non-hydrogen) atoms. The molecule has 1 saturated heterocycles. The van der Waals surface area contributed by atoms with Gasteiger partial charge in [0, 0.05) is 36.0 Å². The van der Waals surface area contributed by atoms with E-state index in [2.05, 4.69) is 51.0 Å². The Bertz CT molecular complexity index is 523. The maximum atomic E-state index is 6.52. The van der Waals surface area contributed by atoms with Gasteiger partial charge in [0.2, 0.25) is 0 Å². The van der Waals surface area contributed by atoms with Gasteiger partial charge in [-0.2, -0.15) is 0 Å². The van der Waals surface area contributed by atoms with Crippen molar-refractivity contribution in [2.75, 3.05) is 13.1 Å². The van der Waals surface area contributed by atoms with Crippen LogP contribution in [0.1, 0.15) is 51.1 Å². The van der Waals surface area contributed by atoms with Gasteiger partial charge in [-0.05, 0) is 58.0 Å². The number of ether oxygens (including phenoxy) is 1. The summed E-state index contributed by atoms with van der Waals surface area (Å²) in [6.45, 7) is 13.1. The maximum absolute atomic E-state index is 6.52. The summed E-state index contributed by atoms with van der Waals surface area (Å²) in [5.41, 5.74) is 7.64. The van der Waals surface area contributed by atoms with Crippen LogP contribution in [-0.2, 0) is 11.2 Å². The van der Waals surface area contributed by atoms with Crippen LogP contribution in [0.5, 0.6) is 0 Å². The van der Waals surface area contributed by atoms with Gasteiger partial charge >= 0.3 is 0 Å². The third-order valence-electron chi connectivity index (χ3n) is 5.49. The van der Waals surface area contributed by atoms with E-state index in [1.807, 2.05) is 11.3 Å². The molecule has 1 aromatic rings. The summed E-state index contributed by atoms with van der Waals surface area (Å²) in [6.07, 6.45) is 1.17. The van der Waals surface area contributed by atoms with Gasteiger partial charge in [0.1, 0.15) is 0 Å². The van der Waals surface area contributed by atoms with Crippen LogP contribution < -0.4 is 5.73 Å². The molecule has 3 atom stereocenters. The number of nitrogens with zero attached hydrogens (tertiary/aromatic N) is 1. The van der Waals surface area contributed by atoms with Crippen LogP contribution in [0.25, 0.3) is 0 Å². The van der Waals surface area contributed by atoms with E-state index in [0.717, 1.165) is 13.1 Å². The van der Waals surface area contributed by atoms with Crippen molar-refractivity contribution in [1.82, 2.24) is 4.90 Å². The fourth-order valence-corrected chi connectivity index (χ4v) is 5.10. The molecule has 3 nitrogen and oxygen atoms in total. The van der Waals surface area contributed by atoms with Gasteiger partial charge in [-0.25, -0.2) is 0 Å². The van der Waals surface area contributed by atoms with Gasteiger partial charge in [-0.1, -0.05) is 0 Å². The molecule has 0 saturated carbocycles. The first-order chi connectivity index (χ1) is 9.72. The number of fused-ring (bicyclic) bond motifs is 1. The molecule has 0 radical (unpaired) electrons. The average molecular weight is 308 g/mol. The number of thiophene rings is 1. The normalized spacial score (nSPS) is 34.9. The van der Waals surface area contributed by atoms with E-state index in [1.54, 1.807) is 4.88 Å². The van der Waals surface area contributed by atoms with E-state index in [1.165, 1.54) is 12.0 Å². The lowest BCUT2D eigenvalue weighted by atomic mass is 9.82. The fraction of sp³-hybridized carbons (Fsp3) is 0.765. The van der Waals surface area contributed by atoms with Crippen molar-refractivity contribution >= 4 is 11.3 Å².